The first-order chi connectivity index (χ1) is 7.10. The summed E-state index contributed by atoms with van der Waals surface area (Å²) in [4.78, 5) is 0. The number of rotatable bonds is 4. The molecule has 1 atom stereocenters. The molecule has 0 saturated heterocycles. The second-order valence-electron chi connectivity index (χ2n) is 3.08. The summed E-state index contributed by atoms with van der Waals surface area (Å²) >= 11 is 5.44. The van der Waals surface area contributed by atoms with E-state index in [1.165, 1.54) is 7.11 Å². The fraction of sp³-hybridized carbons (Fsp3) is 0.400. The lowest BCUT2D eigenvalue weighted by Gasteiger charge is -2.16. The molecule has 5 heteroatoms. The molecule has 15 heavy (non-hydrogen) atoms. The minimum Gasteiger partial charge on any atom is -0.383 e. The van der Waals surface area contributed by atoms with Crippen LogP contribution in [0.4, 0.5) is 8.78 Å². The van der Waals surface area contributed by atoms with E-state index in [1.807, 2.05) is 0 Å². The van der Waals surface area contributed by atoms with Gasteiger partial charge in [0, 0.05) is 12.7 Å². The van der Waals surface area contributed by atoms with E-state index in [-0.39, 0.29) is 23.2 Å². The minimum absolute atomic E-state index is 0.209. The number of halogens is 3. The Morgan fingerprint density at radius 3 is 2.60 bits per heavy atom. The van der Waals surface area contributed by atoms with E-state index >= 15 is 0 Å². The first-order valence-corrected chi connectivity index (χ1v) is 4.78. The molecule has 0 saturated carbocycles. The zero-order valence-corrected chi connectivity index (χ0v) is 9.24. The first-order valence-electron chi connectivity index (χ1n) is 4.40. The van der Waals surface area contributed by atoms with E-state index in [9.17, 15) is 8.78 Å². The fourth-order valence-electron chi connectivity index (χ4n) is 1.30. The Kier molecular flexibility index (Phi) is 4.45. The largest absolute Gasteiger partial charge is 0.383 e. The monoisotopic (exact) mass is 235 g/mol. The summed E-state index contributed by atoms with van der Waals surface area (Å²) in [6, 6.07) is 1.66. The molecule has 0 heterocycles. The van der Waals surface area contributed by atoms with Crippen LogP contribution in [0.1, 0.15) is 11.6 Å². The third-order valence-corrected chi connectivity index (χ3v) is 2.39. The third-order valence-electron chi connectivity index (χ3n) is 2.10. The molecule has 0 aliphatic rings. The van der Waals surface area contributed by atoms with E-state index < -0.39 is 11.6 Å². The molecule has 0 amide bonds. The van der Waals surface area contributed by atoms with Crippen LogP contribution in [-0.4, -0.2) is 20.8 Å². The molecule has 0 fully saturated rings. The van der Waals surface area contributed by atoms with Crippen molar-refractivity contribution in [1.29, 1.82) is 0 Å². The van der Waals surface area contributed by atoms with Gasteiger partial charge in [0.25, 0.3) is 0 Å². The number of methoxy groups -OCH3 is 1. The quantitative estimate of drug-likeness (QED) is 0.810. The maximum Gasteiger partial charge on any atom is 0.142 e. The second-order valence-corrected chi connectivity index (χ2v) is 3.49. The summed E-state index contributed by atoms with van der Waals surface area (Å²) < 4.78 is 31.5. The van der Waals surface area contributed by atoms with E-state index in [2.05, 4.69) is 5.32 Å². The molecular weight excluding hydrogens is 224 g/mol. The molecule has 0 spiro atoms. The van der Waals surface area contributed by atoms with Crippen molar-refractivity contribution in [3.63, 3.8) is 0 Å². The van der Waals surface area contributed by atoms with Crippen LogP contribution in [-0.2, 0) is 4.74 Å². The van der Waals surface area contributed by atoms with E-state index in [0.29, 0.717) is 0 Å². The molecule has 1 aromatic carbocycles. The average Bonchev–Trinajstić information content (AvgIpc) is 2.20. The summed E-state index contributed by atoms with van der Waals surface area (Å²) in [5.41, 5.74) is 0.209. The van der Waals surface area contributed by atoms with Gasteiger partial charge in [0.2, 0.25) is 0 Å². The van der Waals surface area contributed by atoms with Crippen LogP contribution < -0.4 is 5.32 Å². The fourth-order valence-corrected chi connectivity index (χ4v) is 1.45. The van der Waals surface area contributed by atoms with Gasteiger partial charge in [-0.25, -0.2) is 8.78 Å². The van der Waals surface area contributed by atoms with Crippen molar-refractivity contribution >= 4 is 11.6 Å². The summed E-state index contributed by atoms with van der Waals surface area (Å²) in [5, 5.41) is 2.61. The van der Waals surface area contributed by atoms with Crippen molar-refractivity contribution in [3.05, 3.63) is 34.4 Å². The lowest BCUT2D eigenvalue weighted by molar-refractivity contribution is 0.168. The molecule has 0 bridgehead atoms. The van der Waals surface area contributed by atoms with Gasteiger partial charge in [-0.05, 0) is 19.2 Å². The normalized spacial score (nSPS) is 12.9. The Labute approximate surface area is 92.2 Å². The van der Waals surface area contributed by atoms with Crippen molar-refractivity contribution in [2.75, 3.05) is 20.8 Å². The van der Waals surface area contributed by atoms with Crippen LogP contribution in [0.5, 0.6) is 0 Å². The summed E-state index contributed by atoms with van der Waals surface area (Å²) in [7, 11) is 3.14. The highest BCUT2D eigenvalue weighted by atomic mass is 35.5. The lowest BCUT2D eigenvalue weighted by atomic mass is 10.1. The number of benzene rings is 1. The van der Waals surface area contributed by atoms with Crippen molar-refractivity contribution in [2.45, 2.75) is 6.04 Å². The zero-order valence-electron chi connectivity index (χ0n) is 8.48. The van der Waals surface area contributed by atoms with Crippen LogP contribution in [0.25, 0.3) is 0 Å². The number of nitrogens with one attached hydrogen (secondary N) is 1. The molecule has 0 aromatic heterocycles. The second kappa shape index (κ2) is 5.39. The zero-order chi connectivity index (χ0) is 11.4. The van der Waals surface area contributed by atoms with Crippen LogP contribution in [0.15, 0.2) is 12.1 Å². The molecule has 0 aliphatic heterocycles. The predicted octanol–water partition coefficient (Wildman–Crippen LogP) is 2.53. The van der Waals surface area contributed by atoms with E-state index in [1.54, 1.807) is 7.05 Å². The van der Waals surface area contributed by atoms with Crippen LogP contribution in [0.3, 0.4) is 0 Å². The Bertz CT molecular complexity index is 346. The first kappa shape index (κ1) is 12.4. The van der Waals surface area contributed by atoms with Gasteiger partial charge in [0.05, 0.1) is 17.7 Å². The molecule has 84 valence electrons. The standard InChI is InChI=1S/C10H12ClF2NO/c1-14-10(5-15-2)6-3-9(13)7(11)4-8(6)12/h3-4,10,14H,5H2,1-2H3. The van der Waals surface area contributed by atoms with Crippen molar-refractivity contribution in [1.82, 2.24) is 5.32 Å². The smallest absolute Gasteiger partial charge is 0.142 e. The number of hydrogen-bond donors (Lipinski definition) is 1. The van der Waals surface area contributed by atoms with Crippen molar-refractivity contribution in [2.24, 2.45) is 0 Å². The third kappa shape index (κ3) is 2.87. The minimum atomic E-state index is -0.635. The average molecular weight is 236 g/mol. The maximum absolute atomic E-state index is 13.4. The Hall–Kier alpha value is -0.710. The Morgan fingerprint density at radius 2 is 2.07 bits per heavy atom. The Morgan fingerprint density at radius 1 is 1.40 bits per heavy atom. The number of ether oxygens (including phenoxy) is 1. The molecule has 0 radical (unpaired) electrons. The van der Waals surface area contributed by atoms with Gasteiger partial charge >= 0.3 is 0 Å². The highest BCUT2D eigenvalue weighted by Crippen LogP contribution is 2.23. The molecule has 1 N–H and O–H groups in total. The van der Waals surface area contributed by atoms with Gasteiger partial charge in [0.15, 0.2) is 0 Å². The van der Waals surface area contributed by atoms with Crippen LogP contribution in [0, 0.1) is 11.6 Å². The maximum atomic E-state index is 13.4. The van der Waals surface area contributed by atoms with Gasteiger partial charge in [-0.15, -0.1) is 0 Å². The number of hydrogen-bond acceptors (Lipinski definition) is 2. The van der Waals surface area contributed by atoms with Gasteiger partial charge in [0.1, 0.15) is 11.6 Å². The lowest BCUT2D eigenvalue weighted by Crippen LogP contribution is -2.22. The highest BCUT2D eigenvalue weighted by Gasteiger charge is 2.16. The van der Waals surface area contributed by atoms with Crippen molar-refractivity contribution < 1.29 is 13.5 Å². The molecule has 1 unspecified atom stereocenters. The van der Waals surface area contributed by atoms with Gasteiger partial charge < -0.3 is 10.1 Å². The van der Waals surface area contributed by atoms with Gasteiger partial charge in [-0.1, -0.05) is 11.6 Å². The summed E-state index contributed by atoms with van der Waals surface area (Å²) in [6.45, 7) is 0.258. The van der Waals surface area contributed by atoms with E-state index in [0.717, 1.165) is 12.1 Å². The molecule has 1 rings (SSSR count). The Balaban J connectivity index is 3.06. The topological polar surface area (TPSA) is 21.3 Å². The number of likely N-dealkylation sites (N-methyl/N-ethyl adjacent to an activating group) is 1. The van der Waals surface area contributed by atoms with Crippen LogP contribution in [0.2, 0.25) is 5.02 Å². The highest BCUT2D eigenvalue weighted by molar-refractivity contribution is 6.30. The van der Waals surface area contributed by atoms with Gasteiger partial charge in [-0.2, -0.15) is 0 Å². The molecule has 1 aromatic rings. The van der Waals surface area contributed by atoms with Gasteiger partial charge in [-0.3, -0.25) is 0 Å². The summed E-state index contributed by atoms with van der Waals surface area (Å²) in [5.74, 6) is -1.18. The SMILES string of the molecule is CNC(COC)c1cc(F)c(Cl)cc1F. The van der Waals surface area contributed by atoms with E-state index in [4.69, 9.17) is 16.3 Å². The predicted molar refractivity (Wildman–Crippen MR) is 55.0 cm³/mol. The van der Waals surface area contributed by atoms with Crippen LogP contribution >= 0.6 is 11.6 Å². The summed E-state index contributed by atoms with van der Waals surface area (Å²) in [6.07, 6.45) is 0. The molecule has 0 aliphatic carbocycles. The van der Waals surface area contributed by atoms with Crippen molar-refractivity contribution in [3.8, 4) is 0 Å². The molecular formula is C10H12ClF2NO. The molecule has 2 nitrogen and oxygen atoms in total.